The summed E-state index contributed by atoms with van der Waals surface area (Å²) in [5.41, 5.74) is 4.24. The van der Waals surface area contributed by atoms with Crippen molar-refractivity contribution in [2.75, 3.05) is 49.6 Å². The second-order valence-electron chi connectivity index (χ2n) is 7.57. The van der Waals surface area contributed by atoms with Gasteiger partial charge in [0, 0.05) is 37.6 Å². The first-order valence-corrected chi connectivity index (χ1v) is 10.2. The number of amides is 1. The van der Waals surface area contributed by atoms with E-state index in [0.29, 0.717) is 19.8 Å². The molecule has 2 aliphatic heterocycles. The number of nitrogens with one attached hydrogen (secondary N) is 1. The van der Waals surface area contributed by atoms with Gasteiger partial charge in [-0.1, -0.05) is 12.1 Å². The van der Waals surface area contributed by atoms with Gasteiger partial charge in [-0.05, 0) is 36.4 Å². The van der Waals surface area contributed by atoms with Gasteiger partial charge < -0.3 is 19.5 Å². The fourth-order valence-corrected chi connectivity index (χ4v) is 4.10. The summed E-state index contributed by atoms with van der Waals surface area (Å²) in [6.07, 6.45) is 0. The average molecular weight is 391 g/mol. The quantitative estimate of drug-likeness (QED) is 0.740. The summed E-state index contributed by atoms with van der Waals surface area (Å²) in [6, 6.07) is 16.4. The molecule has 0 saturated carbocycles. The molecule has 150 valence electrons. The molecular weight excluding hydrogens is 366 g/mol. The standard InChI is InChI=1S/C22H25N5O2/c28-22(16-25-11-13-29-14-12-25)23-17-5-7-18(8-6-17)26-9-10-27-20-4-2-1-3-19(20)24-21(27)15-26/h1-8H,9-16H2,(H,23,28). The summed E-state index contributed by atoms with van der Waals surface area (Å²) in [4.78, 5) is 21.5. The highest BCUT2D eigenvalue weighted by Gasteiger charge is 2.20. The SMILES string of the molecule is O=C(CN1CCOCC1)Nc1ccc(N2CCn3c(nc4ccccc43)C2)cc1. The molecule has 3 aromatic rings. The molecule has 1 saturated heterocycles. The molecule has 0 unspecified atom stereocenters. The van der Waals surface area contributed by atoms with Gasteiger partial charge in [0.05, 0.1) is 37.3 Å². The molecule has 0 spiro atoms. The first kappa shape index (κ1) is 18.1. The normalized spacial score (nSPS) is 17.3. The van der Waals surface area contributed by atoms with Crippen LogP contribution < -0.4 is 10.2 Å². The zero-order valence-corrected chi connectivity index (χ0v) is 16.4. The van der Waals surface area contributed by atoms with Crippen molar-refractivity contribution in [1.82, 2.24) is 14.5 Å². The molecule has 5 rings (SSSR count). The van der Waals surface area contributed by atoms with Gasteiger partial charge in [-0.2, -0.15) is 0 Å². The summed E-state index contributed by atoms with van der Waals surface area (Å²) in [7, 11) is 0. The van der Waals surface area contributed by atoms with Crippen LogP contribution in [0.4, 0.5) is 11.4 Å². The molecule has 7 nitrogen and oxygen atoms in total. The van der Waals surface area contributed by atoms with Crippen molar-refractivity contribution >= 4 is 28.3 Å². The molecule has 2 aliphatic rings. The maximum atomic E-state index is 12.3. The third kappa shape index (κ3) is 3.83. The van der Waals surface area contributed by atoms with Crippen molar-refractivity contribution in [3.63, 3.8) is 0 Å². The molecule has 0 atom stereocenters. The second kappa shape index (κ2) is 7.85. The van der Waals surface area contributed by atoms with Gasteiger partial charge in [-0.3, -0.25) is 9.69 Å². The van der Waals surface area contributed by atoms with E-state index in [9.17, 15) is 4.79 Å². The third-order valence-electron chi connectivity index (χ3n) is 5.65. The van der Waals surface area contributed by atoms with E-state index in [1.165, 1.54) is 5.52 Å². The Morgan fingerprint density at radius 2 is 1.79 bits per heavy atom. The van der Waals surface area contributed by atoms with Crippen LogP contribution in [0.1, 0.15) is 5.82 Å². The third-order valence-corrected chi connectivity index (χ3v) is 5.65. The zero-order valence-electron chi connectivity index (χ0n) is 16.4. The Labute approximate surface area is 169 Å². The molecule has 2 aromatic carbocycles. The second-order valence-corrected chi connectivity index (χ2v) is 7.57. The fraction of sp³-hybridized carbons (Fsp3) is 0.364. The highest BCUT2D eigenvalue weighted by molar-refractivity contribution is 5.92. The number of morpholine rings is 1. The molecule has 7 heteroatoms. The maximum absolute atomic E-state index is 12.3. The van der Waals surface area contributed by atoms with Gasteiger partial charge in [-0.25, -0.2) is 4.98 Å². The lowest BCUT2D eigenvalue weighted by atomic mass is 10.2. The Bertz CT molecular complexity index is 1010. The van der Waals surface area contributed by atoms with Crippen LogP contribution in [0.5, 0.6) is 0 Å². The van der Waals surface area contributed by atoms with Gasteiger partial charge in [-0.15, -0.1) is 0 Å². The minimum Gasteiger partial charge on any atom is -0.379 e. The molecule has 1 amide bonds. The van der Waals surface area contributed by atoms with Gasteiger partial charge in [0.15, 0.2) is 0 Å². The van der Waals surface area contributed by atoms with Crippen LogP contribution in [-0.4, -0.2) is 59.8 Å². The lowest BCUT2D eigenvalue weighted by molar-refractivity contribution is -0.118. The smallest absolute Gasteiger partial charge is 0.238 e. The minimum atomic E-state index is 0.0198. The summed E-state index contributed by atoms with van der Waals surface area (Å²) < 4.78 is 7.64. The zero-order chi connectivity index (χ0) is 19.6. The number of nitrogens with zero attached hydrogens (tertiary/aromatic N) is 4. The molecule has 1 aromatic heterocycles. The Morgan fingerprint density at radius 1 is 1.00 bits per heavy atom. The predicted octanol–water partition coefficient (Wildman–Crippen LogP) is 2.33. The van der Waals surface area contributed by atoms with Crippen molar-refractivity contribution in [1.29, 1.82) is 0 Å². The largest absolute Gasteiger partial charge is 0.379 e. The van der Waals surface area contributed by atoms with Crippen LogP contribution in [0.25, 0.3) is 11.0 Å². The number of aromatic nitrogens is 2. The highest BCUT2D eigenvalue weighted by atomic mass is 16.5. The topological polar surface area (TPSA) is 62.6 Å². The van der Waals surface area contributed by atoms with Crippen LogP contribution >= 0.6 is 0 Å². The molecule has 0 aliphatic carbocycles. The van der Waals surface area contributed by atoms with Gasteiger partial charge in [0.25, 0.3) is 0 Å². The summed E-state index contributed by atoms with van der Waals surface area (Å²) >= 11 is 0. The van der Waals surface area contributed by atoms with E-state index >= 15 is 0 Å². The lowest BCUT2D eigenvalue weighted by Crippen LogP contribution is -2.41. The van der Waals surface area contributed by atoms with E-state index in [1.807, 2.05) is 18.2 Å². The predicted molar refractivity (Wildman–Crippen MR) is 113 cm³/mol. The number of carbonyl (C=O) groups is 1. The average Bonchev–Trinajstić information content (AvgIpc) is 3.13. The van der Waals surface area contributed by atoms with Gasteiger partial charge >= 0.3 is 0 Å². The van der Waals surface area contributed by atoms with E-state index < -0.39 is 0 Å². The number of rotatable bonds is 4. The van der Waals surface area contributed by atoms with Gasteiger partial charge in [0.1, 0.15) is 5.82 Å². The van der Waals surface area contributed by atoms with Crippen molar-refractivity contribution in [3.8, 4) is 0 Å². The van der Waals surface area contributed by atoms with Gasteiger partial charge in [0.2, 0.25) is 5.91 Å². The van der Waals surface area contributed by atoms with Crippen LogP contribution in [0.2, 0.25) is 0 Å². The molecule has 29 heavy (non-hydrogen) atoms. The van der Waals surface area contributed by atoms with Crippen molar-refractivity contribution in [3.05, 3.63) is 54.4 Å². The monoisotopic (exact) mass is 391 g/mol. The summed E-state index contributed by atoms with van der Waals surface area (Å²) in [5.74, 6) is 1.12. The Kier molecular flexibility index (Phi) is 4.91. The number of hydrogen-bond acceptors (Lipinski definition) is 5. The van der Waals surface area contributed by atoms with Crippen LogP contribution in [-0.2, 0) is 22.6 Å². The molecule has 1 fully saturated rings. The molecule has 3 heterocycles. The lowest BCUT2D eigenvalue weighted by Gasteiger charge is -2.30. The van der Waals surface area contributed by atoms with Crippen LogP contribution in [0.3, 0.4) is 0 Å². The number of carbonyl (C=O) groups excluding carboxylic acids is 1. The maximum Gasteiger partial charge on any atom is 0.238 e. The van der Waals surface area contributed by atoms with Crippen LogP contribution in [0, 0.1) is 0 Å². The van der Waals surface area contributed by atoms with E-state index in [0.717, 1.165) is 55.4 Å². The molecule has 0 bridgehead atoms. The van der Waals surface area contributed by atoms with Crippen LogP contribution in [0.15, 0.2) is 48.5 Å². The molecule has 0 radical (unpaired) electrons. The Hall–Kier alpha value is -2.90. The molecule has 1 N–H and O–H groups in total. The minimum absolute atomic E-state index is 0.0198. The van der Waals surface area contributed by atoms with E-state index in [1.54, 1.807) is 0 Å². The molecular formula is C22H25N5O2. The Balaban J connectivity index is 1.23. The van der Waals surface area contributed by atoms with Crippen molar-refractivity contribution in [2.24, 2.45) is 0 Å². The number of anilines is 2. The van der Waals surface area contributed by atoms with E-state index in [4.69, 9.17) is 9.72 Å². The summed E-state index contributed by atoms with van der Waals surface area (Å²) in [6.45, 7) is 6.09. The van der Waals surface area contributed by atoms with Crippen molar-refractivity contribution in [2.45, 2.75) is 13.1 Å². The number of hydrogen-bond donors (Lipinski definition) is 1. The van der Waals surface area contributed by atoms with Crippen molar-refractivity contribution < 1.29 is 9.53 Å². The number of benzene rings is 2. The fourth-order valence-electron chi connectivity index (χ4n) is 4.10. The first-order chi connectivity index (χ1) is 14.3. The number of para-hydroxylation sites is 2. The van der Waals surface area contributed by atoms with E-state index in [2.05, 4.69) is 50.0 Å². The number of fused-ring (bicyclic) bond motifs is 3. The Morgan fingerprint density at radius 3 is 2.62 bits per heavy atom. The highest BCUT2D eigenvalue weighted by Crippen LogP contribution is 2.25. The number of imidazole rings is 1. The van der Waals surface area contributed by atoms with E-state index in [-0.39, 0.29) is 5.91 Å². The first-order valence-electron chi connectivity index (χ1n) is 10.2. The number of ether oxygens (including phenoxy) is 1. The summed E-state index contributed by atoms with van der Waals surface area (Å²) in [5, 5.41) is 3.00.